The summed E-state index contributed by atoms with van der Waals surface area (Å²) < 4.78 is 3.25. The zero-order valence-electron chi connectivity index (χ0n) is 11.9. The van der Waals surface area contributed by atoms with E-state index < -0.39 is 0 Å². The van der Waals surface area contributed by atoms with Crippen LogP contribution in [0.3, 0.4) is 0 Å². The van der Waals surface area contributed by atoms with Crippen LogP contribution in [0, 0.1) is 0 Å². The minimum Gasteiger partial charge on any atom is -0.283 e. The molecule has 2 aromatic carbocycles. The summed E-state index contributed by atoms with van der Waals surface area (Å²) >= 11 is 5.89. The zero-order chi connectivity index (χ0) is 15.8. The monoisotopic (exact) mass is 322 g/mol. The van der Waals surface area contributed by atoms with Crippen LogP contribution in [0.2, 0.25) is 5.02 Å². The van der Waals surface area contributed by atoms with Gasteiger partial charge in [-0.15, -0.1) is 0 Å². The summed E-state index contributed by atoms with van der Waals surface area (Å²) in [5, 5.41) is 0.615. The molecule has 0 saturated heterocycles. The molecule has 2 aromatic heterocycles. The molecule has 4 aromatic rings. The van der Waals surface area contributed by atoms with E-state index in [1.54, 1.807) is 35.2 Å². The molecule has 23 heavy (non-hydrogen) atoms. The molecular weight excluding hydrogens is 312 g/mol. The number of aromatic nitrogens is 4. The van der Waals surface area contributed by atoms with Crippen LogP contribution in [-0.2, 0) is 0 Å². The van der Waals surface area contributed by atoms with Crippen LogP contribution in [0.5, 0.6) is 0 Å². The number of benzene rings is 2. The van der Waals surface area contributed by atoms with Gasteiger partial charge in [0.15, 0.2) is 11.2 Å². The van der Waals surface area contributed by atoms with Gasteiger partial charge in [0, 0.05) is 10.7 Å². The lowest BCUT2D eigenvalue weighted by Crippen LogP contribution is -2.19. The van der Waals surface area contributed by atoms with Crippen molar-refractivity contribution in [3.05, 3.63) is 82.6 Å². The van der Waals surface area contributed by atoms with Gasteiger partial charge in [-0.05, 0) is 36.4 Å². The first-order chi connectivity index (χ1) is 11.2. The number of halogens is 1. The Bertz CT molecular complexity index is 1040. The van der Waals surface area contributed by atoms with Crippen molar-refractivity contribution in [2.24, 2.45) is 0 Å². The molecule has 6 heteroatoms. The second kappa shape index (κ2) is 5.37. The quantitative estimate of drug-likeness (QED) is 0.569. The first kappa shape index (κ1) is 13.7. The van der Waals surface area contributed by atoms with Crippen molar-refractivity contribution >= 4 is 22.8 Å². The topological polar surface area (TPSA) is 52.7 Å². The van der Waals surface area contributed by atoms with Gasteiger partial charge in [0.05, 0.1) is 5.69 Å². The predicted octanol–water partition coefficient (Wildman–Crippen LogP) is 3.22. The van der Waals surface area contributed by atoms with Crippen molar-refractivity contribution in [2.45, 2.75) is 0 Å². The molecule has 2 heterocycles. The number of hydrogen-bond acceptors (Lipinski definition) is 3. The van der Waals surface area contributed by atoms with E-state index >= 15 is 0 Å². The Labute approximate surface area is 136 Å². The van der Waals surface area contributed by atoms with Crippen molar-refractivity contribution in [1.82, 2.24) is 19.1 Å². The number of nitrogens with zero attached hydrogens (tertiary/aromatic N) is 4. The van der Waals surface area contributed by atoms with Gasteiger partial charge in [-0.25, -0.2) is 9.97 Å². The highest BCUT2D eigenvalue weighted by molar-refractivity contribution is 6.30. The highest BCUT2D eigenvalue weighted by Crippen LogP contribution is 2.15. The molecule has 4 rings (SSSR count). The molecule has 0 spiro atoms. The molecule has 0 radical (unpaired) electrons. The summed E-state index contributed by atoms with van der Waals surface area (Å²) in [6.07, 6.45) is 3.12. The van der Waals surface area contributed by atoms with E-state index in [0.717, 1.165) is 5.69 Å². The smallest absolute Gasteiger partial charge is 0.283 e. The fourth-order valence-electron chi connectivity index (χ4n) is 2.46. The van der Waals surface area contributed by atoms with Crippen molar-refractivity contribution in [1.29, 1.82) is 0 Å². The molecule has 0 amide bonds. The van der Waals surface area contributed by atoms with Gasteiger partial charge in [-0.1, -0.05) is 29.8 Å². The van der Waals surface area contributed by atoms with Crippen molar-refractivity contribution in [3.8, 4) is 11.4 Å². The molecule has 0 N–H and O–H groups in total. The van der Waals surface area contributed by atoms with Gasteiger partial charge < -0.3 is 0 Å². The van der Waals surface area contributed by atoms with E-state index in [9.17, 15) is 4.79 Å². The molecule has 112 valence electrons. The first-order valence-corrected chi connectivity index (χ1v) is 7.38. The number of hydrogen-bond donors (Lipinski definition) is 0. The fourth-order valence-corrected chi connectivity index (χ4v) is 2.58. The molecule has 0 aliphatic heterocycles. The lowest BCUT2D eigenvalue weighted by atomic mass is 10.3. The molecule has 0 fully saturated rings. The number of rotatable bonds is 2. The summed E-state index contributed by atoms with van der Waals surface area (Å²) in [5.74, 6) is 0. The van der Waals surface area contributed by atoms with Gasteiger partial charge in [0.2, 0.25) is 0 Å². The van der Waals surface area contributed by atoms with Crippen molar-refractivity contribution in [2.75, 3.05) is 0 Å². The van der Waals surface area contributed by atoms with Crippen LogP contribution in [0.4, 0.5) is 0 Å². The van der Waals surface area contributed by atoms with Crippen molar-refractivity contribution < 1.29 is 0 Å². The van der Waals surface area contributed by atoms with Crippen molar-refractivity contribution in [3.63, 3.8) is 0 Å². The van der Waals surface area contributed by atoms with Gasteiger partial charge in [-0.2, -0.15) is 0 Å². The molecule has 0 aliphatic rings. The molecule has 0 unspecified atom stereocenters. The lowest BCUT2D eigenvalue weighted by Gasteiger charge is -2.06. The minimum absolute atomic E-state index is 0.216. The van der Waals surface area contributed by atoms with Crippen LogP contribution in [-0.4, -0.2) is 19.1 Å². The largest absolute Gasteiger partial charge is 0.286 e. The lowest BCUT2D eigenvalue weighted by molar-refractivity contribution is 0.949. The van der Waals surface area contributed by atoms with Crippen LogP contribution >= 0.6 is 11.6 Å². The second-order valence-electron chi connectivity index (χ2n) is 5.02. The number of para-hydroxylation sites is 1. The average Bonchev–Trinajstić information content (AvgIpc) is 3.02. The fraction of sp³-hybridized carbons (Fsp3) is 0. The Kier molecular flexibility index (Phi) is 3.20. The summed E-state index contributed by atoms with van der Waals surface area (Å²) in [5.41, 5.74) is 2.25. The molecule has 0 atom stereocenters. The minimum atomic E-state index is -0.216. The first-order valence-electron chi connectivity index (χ1n) is 7.00. The Morgan fingerprint density at radius 2 is 1.43 bits per heavy atom. The van der Waals surface area contributed by atoms with E-state index in [1.165, 1.54) is 10.9 Å². The zero-order valence-corrected chi connectivity index (χ0v) is 12.7. The molecule has 0 saturated carbocycles. The normalized spacial score (nSPS) is 11.0. The summed E-state index contributed by atoms with van der Waals surface area (Å²) in [6, 6.07) is 16.7. The second-order valence-corrected chi connectivity index (χ2v) is 5.45. The van der Waals surface area contributed by atoms with E-state index in [2.05, 4.69) is 9.97 Å². The van der Waals surface area contributed by atoms with Gasteiger partial charge in [0.25, 0.3) is 5.56 Å². The SMILES string of the molecule is O=c1c2ncn(-c3ccccc3)c2ncn1-c1ccc(Cl)cc1. The third-order valence-electron chi connectivity index (χ3n) is 3.60. The highest BCUT2D eigenvalue weighted by atomic mass is 35.5. The number of imidazole rings is 1. The van der Waals surface area contributed by atoms with Gasteiger partial charge >= 0.3 is 0 Å². The van der Waals surface area contributed by atoms with E-state index in [4.69, 9.17) is 11.6 Å². The van der Waals surface area contributed by atoms with Crippen LogP contribution in [0.1, 0.15) is 0 Å². The molecule has 0 bridgehead atoms. The molecular formula is C17H11ClN4O. The average molecular weight is 323 g/mol. The predicted molar refractivity (Wildman–Crippen MR) is 89.5 cm³/mol. The van der Waals surface area contributed by atoms with Crippen LogP contribution in [0.25, 0.3) is 22.5 Å². The van der Waals surface area contributed by atoms with E-state index in [0.29, 0.717) is 21.9 Å². The maximum absolute atomic E-state index is 12.7. The maximum atomic E-state index is 12.7. The number of fused-ring (bicyclic) bond motifs is 1. The molecule has 5 nitrogen and oxygen atoms in total. The third kappa shape index (κ3) is 2.31. The standard InChI is InChI=1S/C17H11ClN4O/c18-12-6-8-14(9-7-12)22-11-20-16-15(17(22)23)19-10-21(16)13-4-2-1-3-5-13/h1-11H. The van der Waals surface area contributed by atoms with Gasteiger partial charge in [-0.3, -0.25) is 13.9 Å². The Morgan fingerprint density at radius 1 is 0.783 bits per heavy atom. The van der Waals surface area contributed by atoms with E-state index in [-0.39, 0.29) is 5.56 Å². The highest BCUT2D eigenvalue weighted by Gasteiger charge is 2.12. The summed E-state index contributed by atoms with van der Waals surface area (Å²) in [4.78, 5) is 21.3. The van der Waals surface area contributed by atoms with Gasteiger partial charge in [0.1, 0.15) is 12.7 Å². The maximum Gasteiger partial charge on any atom is 0.286 e. The third-order valence-corrected chi connectivity index (χ3v) is 3.85. The molecule has 0 aliphatic carbocycles. The Hall–Kier alpha value is -2.92. The van der Waals surface area contributed by atoms with Crippen LogP contribution < -0.4 is 5.56 Å². The summed E-state index contributed by atoms with van der Waals surface area (Å²) in [6.45, 7) is 0. The Morgan fingerprint density at radius 3 is 2.17 bits per heavy atom. The summed E-state index contributed by atoms with van der Waals surface area (Å²) in [7, 11) is 0. The van der Waals surface area contributed by atoms with Crippen LogP contribution in [0.15, 0.2) is 72.0 Å². The van der Waals surface area contributed by atoms with E-state index in [1.807, 2.05) is 30.3 Å². The Balaban J connectivity index is 1.91.